The number of rotatable bonds is 2. The van der Waals surface area contributed by atoms with Crippen LogP contribution in [0.5, 0.6) is 5.75 Å². The third kappa shape index (κ3) is 1.18. The van der Waals surface area contributed by atoms with Crippen LogP contribution in [0.3, 0.4) is 0 Å². The van der Waals surface area contributed by atoms with Crippen molar-refractivity contribution in [3.63, 3.8) is 0 Å². The van der Waals surface area contributed by atoms with E-state index in [1.807, 2.05) is 0 Å². The Morgan fingerprint density at radius 1 is 1.07 bits per heavy atom. The Balaban J connectivity index is 2.54. The largest absolute Gasteiger partial charge is 0.497 e. The standard InChI is InChI=1S/C11H10O3/c1-13-7-3-4-8-9(5-7)11(14-2)6-10(8)12/h3-6H,1-2H3. The number of benzene rings is 1. The van der Waals surface area contributed by atoms with Crippen LogP contribution in [0.15, 0.2) is 24.3 Å². The summed E-state index contributed by atoms with van der Waals surface area (Å²) >= 11 is 0. The molecule has 0 radical (unpaired) electrons. The van der Waals surface area contributed by atoms with Gasteiger partial charge < -0.3 is 9.47 Å². The normalized spacial score (nSPS) is 13.6. The van der Waals surface area contributed by atoms with E-state index in [-0.39, 0.29) is 5.78 Å². The van der Waals surface area contributed by atoms with E-state index in [0.29, 0.717) is 11.3 Å². The maximum Gasteiger partial charge on any atom is 0.190 e. The van der Waals surface area contributed by atoms with E-state index in [0.717, 1.165) is 11.3 Å². The molecular formula is C11H10O3. The number of methoxy groups -OCH3 is 2. The minimum Gasteiger partial charge on any atom is -0.497 e. The summed E-state index contributed by atoms with van der Waals surface area (Å²) in [4.78, 5) is 11.4. The molecule has 0 heterocycles. The number of carbonyl (C=O) groups excluding carboxylic acids is 1. The fraction of sp³-hybridized carbons (Fsp3) is 0.182. The van der Waals surface area contributed by atoms with Gasteiger partial charge in [0, 0.05) is 17.2 Å². The molecule has 72 valence electrons. The maximum absolute atomic E-state index is 11.4. The van der Waals surface area contributed by atoms with Crippen LogP contribution in [0, 0.1) is 0 Å². The molecule has 0 spiro atoms. The van der Waals surface area contributed by atoms with Gasteiger partial charge in [-0.25, -0.2) is 0 Å². The van der Waals surface area contributed by atoms with Crippen LogP contribution in [-0.4, -0.2) is 20.0 Å². The summed E-state index contributed by atoms with van der Waals surface area (Å²) < 4.78 is 10.2. The van der Waals surface area contributed by atoms with Crippen LogP contribution in [0.1, 0.15) is 15.9 Å². The molecule has 0 saturated carbocycles. The molecule has 0 saturated heterocycles. The topological polar surface area (TPSA) is 35.5 Å². The Kier molecular flexibility index (Phi) is 2.00. The zero-order valence-electron chi connectivity index (χ0n) is 8.03. The molecule has 1 aromatic carbocycles. The second-order valence-electron chi connectivity index (χ2n) is 2.99. The molecule has 0 aliphatic heterocycles. The highest BCUT2D eigenvalue weighted by atomic mass is 16.5. The van der Waals surface area contributed by atoms with Crippen molar-refractivity contribution in [2.45, 2.75) is 0 Å². The molecule has 0 N–H and O–H groups in total. The summed E-state index contributed by atoms with van der Waals surface area (Å²) in [5.74, 6) is 1.31. The molecule has 1 aliphatic carbocycles. The Labute approximate surface area is 81.9 Å². The third-order valence-corrected chi connectivity index (χ3v) is 2.24. The van der Waals surface area contributed by atoms with Gasteiger partial charge in [-0.3, -0.25) is 4.79 Å². The van der Waals surface area contributed by atoms with Crippen molar-refractivity contribution in [1.82, 2.24) is 0 Å². The molecule has 3 nitrogen and oxygen atoms in total. The minimum absolute atomic E-state index is 0.0143. The highest BCUT2D eigenvalue weighted by Crippen LogP contribution is 2.30. The van der Waals surface area contributed by atoms with E-state index < -0.39 is 0 Å². The average Bonchev–Trinajstić information content (AvgIpc) is 2.55. The second-order valence-corrected chi connectivity index (χ2v) is 2.99. The number of allylic oxidation sites excluding steroid dienone is 1. The molecule has 2 rings (SSSR count). The number of ether oxygens (including phenoxy) is 2. The number of hydrogen-bond acceptors (Lipinski definition) is 3. The predicted molar refractivity (Wildman–Crippen MR) is 52.3 cm³/mol. The third-order valence-electron chi connectivity index (χ3n) is 2.24. The number of hydrogen-bond donors (Lipinski definition) is 0. The van der Waals surface area contributed by atoms with E-state index in [1.165, 1.54) is 6.08 Å². The molecule has 1 aliphatic rings. The van der Waals surface area contributed by atoms with E-state index >= 15 is 0 Å². The molecule has 0 unspecified atom stereocenters. The fourth-order valence-corrected chi connectivity index (χ4v) is 1.51. The second kappa shape index (κ2) is 3.18. The summed E-state index contributed by atoms with van der Waals surface area (Å²) in [5, 5.41) is 0. The van der Waals surface area contributed by atoms with Crippen molar-refractivity contribution in [3.05, 3.63) is 35.4 Å². The average molecular weight is 190 g/mol. The first kappa shape index (κ1) is 8.81. The minimum atomic E-state index is -0.0143. The summed E-state index contributed by atoms with van der Waals surface area (Å²) in [6, 6.07) is 5.32. The summed E-state index contributed by atoms with van der Waals surface area (Å²) in [5.41, 5.74) is 1.47. The van der Waals surface area contributed by atoms with Crippen LogP contribution < -0.4 is 4.74 Å². The maximum atomic E-state index is 11.4. The van der Waals surface area contributed by atoms with Gasteiger partial charge in [-0.15, -0.1) is 0 Å². The van der Waals surface area contributed by atoms with Crippen molar-refractivity contribution in [3.8, 4) is 5.75 Å². The Bertz CT molecular complexity index is 419. The zero-order valence-corrected chi connectivity index (χ0v) is 8.03. The highest BCUT2D eigenvalue weighted by molar-refractivity contribution is 6.15. The van der Waals surface area contributed by atoms with Crippen molar-refractivity contribution < 1.29 is 14.3 Å². The Morgan fingerprint density at radius 2 is 1.86 bits per heavy atom. The van der Waals surface area contributed by atoms with Crippen LogP contribution in [0.4, 0.5) is 0 Å². The predicted octanol–water partition coefficient (Wildman–Crippen LogP) is 1.88. The van der Waals surface area contributed by atoms with Gasteiger partial charge >= 0.3 is 0 Å². The fourth-order valence-electron chi connectivity index (χ4n) is 1.51. The number of ketones is 1. The van der Waals surface area contributed by atoms with Crippen molar-refractivity contribution in [1.29, 1.82) is 0 Å². The van der Waals surface area contributed by atoms with Gasteiger partial charge in [0.25, 0.3) is 0 Å². The Hall–Kier alpha value is -1.77. The molecule has 14 heavy (non-hydrogen) atoms. The van der Waals surface area contributed by atoms with Crippen molar-refractivity contribution in [2.75, 3.05) is 14.2 Å². The van der Waals surface area contributed by atoms with E-state index in [2.05, 4.69) is 0 Å². The Morgan fingerprint density at radius 3 is 2.50 bits per heavy atom. The molecule has 0 fully saturated rings. The van der Waals surface area contributed by atoms with Crippen molar-refractivity contribution in [2.24, 2.45) is 0 Å². The van der Waals surface area contributed by atoms with Crippen LogP contribution in [-0.2, 0) is 4.74 Å². The quantitative estimate of drug-likeness (QED) is 0.714. The molecular weight excluding hydrogens is 180 g/mol. The van der Waals surface area contributed by atoms with Gasteiger partial charge in [-0.2, -0.15) is 0 Å². The lowest BCUT2D eigenvalue weighted by molar-refractivity contribution is 0.104. The van der Waals surface area contributed by atoms with Crippen LogP contribution in [0.25, 0.3) is 5.76 Å². The lowest BCUT2D eigenvalue weighted by Crippen LogP contribution is -1.93. The highest BCUT2D eigenvalue weighted by Gasteiger charge is 2.22. The van der Waals surface area contributed by atoms with E-state index in [4.69, 9.17) is 9.47 Å². The molecule has 0 amide bonds. The SMILES string of the molecule is COC1=CC(=O)c2ccc(OC)cc21. The number of fused-ring (bicyclic) bond motifs is 1. The lowest BCUT2D eigenvalue weighted by atomic mass is 10.1. The van der Waals surface area contributed by atoms with E-state index in [1.54, 1.807) is 32.4 Å². The zero-order chi connectivity index (χ0) is 10.1. The molecule has 0 aromatic heterocycles. The molecule has 0 bridgehead atoms. The van der Waals surface area contributed by atoms with Gasteiger partial charge in [0.05, 0.1) is 14.2 Å². The summed E-state index contributed by atoms with van der Waals surface area (Å²) in [6.45, 7) is 0. The van der Waals surface area contributed by atoms with Gasteiger partial charge in [0.1, 0.15) is 11.5 Å². The molecule has 3 heteroatoms. The monoisotopic (exact) mass is 190 g/mol. The van der Waals surface area contributed by atoms with Gasteiger partial charge in [-0.1, -0.05) is 0 Å². The molecule has 1 aromatic rings. The first-order chi connectivity index (χ1) is 6.76. The van der Waals surface area contributed by atoms with Gasteiger partial charge in [-0.05, 0) is 18.2 Å². The summed E-state index contributed by atoms with van der Waals surface area (Å²) in [7, 11) is 3.14. The molecule has 0 atom stereocenters. The first-order valence-electron chi connectivity index (χ1n) is 4.24. The summed E-state index contributed by atoms with van der Waals surface area (Å²) in [6.07, 6.45) is 1.49. The van der Waals surface area contributed by atoms with Crippen molar-refractivity contribution >= 4 is 11.5 Å². The first-order valence-corrected chi connectivity index (χ1v) is 4.24. The van der Waals surface area contributed by atoms with Gasteiger partial charge in [0.2, 0.25) is 0 Å². The van der Waals surface area contributed by atoms with Gasteiger partial charge in [0.15, 0.2) is 5.78 Å². The van der Waals surface area contributed by atoms with E-state index in [9.17, 15) is 4.79 Å². The smallest absolute Gasteiger partial charge is 0.190 e. The number of carbonyl (C=O) groups is 1. The van der Waals surface area contributed by atoms with Crippen LogP contribution in [0.2, 0.25) is 0 Å². The van der Waals surface area contributed by atoms with Crippen LogP contribution >= 0.6 is 0 Å². The lowest BCUT2D eigenvalue weighted by Gasteiger charge is -2.05.